The minimum absolute atomic E-state index is 0. The number of hydrogen-bond donors (Lipinski definition) is 1. The summed E-state index contributed by atoms with van der Waals surface area (Å²) < 4.78 is 0. The SMILES string of the molecule is CC1CCC(C)N(C(=O)[C@H]2CCN[C@@H](C)C2)C1.Cl. The Morgan fingerprint density at radius 3 is 2.56 bits per heavy atom. The van der Waals surface area contributed by atoms with Crippen molar-refractivity contribution in [3.8, 4) is 0 Å². The van der Waals surface area contributed by atoms with Crippen molar-refractivity contribution in [2.45, 2.75) is 58.5 Å². The van der Waals surface area contributed by atoms with Crippen molar-refractivity contribution in [3.05, 3.63) is 0 Å². The fourth-order valence-electron chi connectivity index (χ4n) is 3.19. The van der Waals surface area contributed by atoms with Crippen molar-refractivity contribution >= 4 is 18.3 Å². The van der Waals surface area contributed by atoms with Gasteiger partial charge in [0, 0.05) is 24.5 Å². The molecule has 2 aliphatic heterocycles. The lowest BCUT2D eigenvalue weighted by Crippen LogP contribution is -2.50. The summed E-state index contributed by atoms with van der Waals surface area (Å²) in [4.78, 5) is 14.7. The number of carbonyl (C=O) groups is 1. The fraction of sp³-hybridized carbons (Fsp3) is 0.929. The van der Waals surface area contributed by atoms with E-state index in [1.54, 1.807) is 0 Å². The zero-order valence-corrected chi connectivity index (χ0v) is 12.6. The Bertz CT molecular complexity index is 285. The van der Waals surface area contributed by atoms with Crippen LogP contribution in [0.15, 0.2) is 0 Å². The van der Waals surface area contributed by atoms with Crippen molar-refractivity contribution in [3.63, 3.8) is 0 Å². The third-order valence-electron chi connectivity index (χ3n) is 4.37. The molecule has 4 heteroatoms. The molecule has 2 fully saturated rings. The van der Waals surface area contributed by atoms with Crippen LogP contribution in [0.4, 0.5) is 0 Å². The zero-order valence-electron chi connectivity index (χ0n) is 11.8. The normalized spacial score (nSPS) is 36.9. The van der Waals surface area contributed by atoms with Gasteiger partial charge in [0.1, 0.15) is 0 Å². The summed E-state index contributed by atoms with van der Waals surface area (Å²) in [6.45, 7) is 8.61. The highest BCUT2D eigenvalue weighted by Gasteiger charge is 2.33. The highest BCUT2D eigenvalue weighted by molar-refractivity contribution is 5.85. The summed E-state index contributed by atoms with van der Waals surface area (Å²) in [7, 11) is 0. The summed E-state index contributed by atoms with van der Waals surface area (Å²) in [6, 6.07) is 0.944. The highest BCUT2D eigenvalue weighted by atomic mass is 35.5. The van der Waals surface area contributed by atoms with Crippen LogP contribution in [0.2, 0.25) is 0 Å². The maximum atomic E-state index is 12.6. The second-order valence-corrected chi connectivity index (χ2v) is 6.10. The van der Waals surface area contributed by atoms with Gasteiger partial charge in [-0.15, -0.1) is 12.4 Å². The Morgan fingerprint density at radius 2 is 1.89 bits per heavy atom. The molecular formula is C14H27ClN2O. The van der Waals surface area contributed by atoms with Crippen LogP contribution in [-0.4, -0.2) is 36.0 Å². The fourth-order valence-corrected chi connectivity index (χ4v) is 3.19. The van der Waals surface area contributed by atoms with Crippen molar-refractivity contribution in [1.29, 1.82) is 0 Å². The largest absolute Gasteiger partial charge is 0.339 e. The third-order valence-corrected chi connectivity index (χ3v) is 4.37. The topological polar surface area (TPSA) is 32.3 Å². The van der Waals surface area contributed by atoms with E-state index < -0.39 is 0 Å². The molecule has 2 aliphatic rings. The maximum Gasteiger partial charge on any atom is 0.226 e. The number of nitrogens with one attached hydrogen (secondary N) is 1. The molecule has 0 aromatic carbocycles. The molecule has 18 heavy (non-hydrogen) atoms. The van der Waals surface area contributed by atoms with Crippen LogP contribution in [0.1, 0.15) is 46.5 Å². The smallest absolute Gasteiger partial charge is 0.226 e. The number of amides is 1. The Labute approximate surface area is 117 Å². The number of piperidine rings is 2. The second-order valence-electron chi connectivity index (χ2n) is 6.10. The Balaban J connectivity index is 0.00000162. The minimum atomic E-state index is 0. The van der Waals surface area contributed by atoms with Crippen LogP contribution in [0, 0.1) is 11.8 Å². The van der Waals surface area contributed by atoms with Crippen LogP contribution >= 0.6 is 12.4 Å². The predicted octanol–water partition coefficient (Wildman–Crippen LogP) is 2.44. The number of carbonyl (C=O) groups excluding carboxylic acids is 1. The van der Waals surface area contributed by atoms with Crippen LogP contribution in [0.25, 0.3) is 0 Å². The summed E-state index contributed by atoms with van der Waals surface area (Å²) in [5.41, 5.74) is 0. The first-order valence-electron chi connectivity index (χ1n) is 7.11. The molecule has 0 spiro atoms. The first kappa shape index (κ1) is 15.8. The van der Waals surface area contributed by atoms with E-state index in [-0.39, 0.29) is 18.3 Å². The molecule has 106 valence electrons. The monoisotopic (exact) mass is 274 g/mol. The molecular weight excluding hydrogens is 248 g/mol. The Kier molecular flexibility index (Phi) is 5.93. The van der Waals surface area contributed by atoms with Gasteiger partial charge in [-0.1, -0.05) is 6.92 Å². The van der Waals surface area contributed by atoms with Gasteiger partial charge in [-0.25, -0.2) is 0 Å². The van der Waals surface area contributed by atoms with E-state index in [0.29, 0.717) is 23.9 Å². The lowest BCUT2D eigenvalue weighted by molar-refractivity contribution is -0.141. The van der Waals surface area contributed by atoms with Crippen LogP contribution in [-0.2, 0) is 4.79 Å². The molecule has 2 saturated heterocycles. The van der Waals surface area contributed by atoms with Crippen molar-refractivity contribution in [2.24, 2.45) is 11.8 Å². The molecule has 1 N–H and O–H groups in total. The number of halogens is 1. The van der Waals surface area contributed by atoms with Gasteiger partial charge in [-0.3, -0.25) is 4.79 Å². The molecule has 2 unspecified atom stereocenters. The minimum Gasteiger partial charge on any atom is -0.339 e. The predicted molar refractivity (Wildman–Crippen MR) is 77.0 cm³/mol. The number of hydrogen-bond acceptors (Lipinski definition) is 2. The Hall–Kier alpha value is -0.280. The van der Waals surface area contributed by atoms with E-state index in [4.69, 9.17) is 0 Å². The molecule has 0 bridgehead atoms. The van der Waals surface area contributed by atoms with Crippen molar-refractivity contribution < 1.29 is 4.79 Å². The quantitative estimate of drug-likeness (QED) is 0.797. The average Bonchev–Trinajstić information content (AvgIpc) is 2.31. The first-order chi connectivity index (χ1) is 8.08. The van der Waals surface area contributed by atoms with E-state index in [1.807, 2.05) is 0 Å². The van der Waals surface area contributed by atoms with Gasteiger partial charge in [0.25, 0.3) is 0 Å². The lowest BCUT2D eigenvalue weighted by Gasteiger charge is -2.40. The van der Waals surface area contributed by atoms with Crippen molar-refractivity contribution in [1.82, 2.24) is 10.2 Å². The summed E-state index contributed by atoms with van der Waals surface area (Å²) in [6.07, 6.45) is 4.47. The van der Waals surface area contributed by atoms with E-state index in [0.717, 1.165) is 25.9 Å². The van der Waals surface area contributed by atoms with Crippen LogP contribution in [0.3, 0.4) is 0 Å². The molecule has 2 rings (SSSR count). The molecule has 0 radical (unpaired) electrons. The number of likely N-dealkylation sites (tertiary alicyclic amines) is 1. The van der Waals surface area contributed by atoms with E-state index in [1.165, 1.54) is 12.8 Å². The van der Waals surface area contributed by atoms with E-state index in [9.17, 15) is 4.79 Å². The zero-order chi connectivity index (χ0) is 12.4. The molecule has 0 aromatic heterocycles. The molecule has 4 atom stereocenters. The van der Waals surface area contributed by atoms with E-state index in [2.05, 4.69) is 31.0 Å². The Morgan fingerprint density at radius 1 is 1.17 bits per heavy atom. The maximum absolute atomic E-state index is 12.6. The summed E-state index contributed by atoms with van der Waals surface area (Å²) in [5.74, 6) is 1.35. The average molecular weight is 275 g/mol. The highest BCUT2D eigenvalue weighted by Crippen LogP contribution is 2.26. The lowest BCUT2D eigenvalue weighted by atomic mass is 9.88. The van der Waals surface area contributed by atoms with Gasteiger partial charge in [0.2, 0.25) is 5.91 Å². The molecule has 0 saturated carbocycles. The van der Waals surface area contributed by atoms with Gasteiger partial charge < -0.3 is 10.2 Å². The van der Waals surface area contributed by atoms with Crippen LogP contribution in [0.5, 0.6) is 0 Å². The molecule has 0 aliphatic carbocycles. The molecule has 3 nitrogen and oxygen atoms in total. The summed E-state index contributed by atoms with van der Waals surface area (Å²) in [5, 5.41) is 3.42. The third kappa shape index (κ3) is 3.61. The second kappa shape index (κ2) is 6.76. The van der Waals surface area contributed by atoms with Gasteiger partial charge in [-0.2, -0.15) is 0 Å². The first-order valence-corrected chi connectivity index (χ1v) is 7.11. The van der Waals surface area contributed by atoms with Gasteiger partial charge in [0.15, 0.2) is 0 Å². The molecule has 0 aromatic rings. The molecule has 1 amide bonds. The standard InChI is InChI=1S/C14H26N2O.ClH/c1-10-4-5-12(3)16(9-10)14(17)13-6-7-15-11(2)8-13;/h10-13,15H,4-9H2,1-3H3;1H/t10?,11-,12?,13-;/m0./s1. The van der Waals surface area contributed by atoms with Crippen LogP contribution < -0.4 is 5.32 Å². The van der Waals surface area contributed by atoms with Gasteiger partial charge in [0.05, 0.1) is 0 Å². The molecule has 2 heterocycles. The number of rotatable bonds is 1. The van der Waals surface area contributed by atoms with Gasteiger partial charge in [-0.05, 0) is 52.0 Å². The number of nitrogens with zero attached hydrogens (tertiary/aromatic N) is 1. The van der Waals surface area contributed by atoms with Crippen molar-refractivity contribution in [2.75, 3.05) is 13.1 Å². The van der Waals surface area contributed by atoms with E-state index >= 15 is 0 Å². The summed E-state index contributed by atoms with van der Waals surface area (Å²) >= 11 is 0. The van der Waals surface area contributed by atoms with Gasteiger partial charge >= 0.3 is 0 Å².